The molecule has 0 spiro atoms. The molecule has 4 rings (SSSR count). The minimum atomic E-state index is -4.44. The van der Waals surface area contributed by atoms with Gasteiger partial charge in [-0.3, -0.25) is 14.5 Å². The van der Waals surface area contributed by atoms with Crippen LogP contribution in [0.4, 0.5) is 23.7 Å². The highest BCUT2D eigenvalue weighted by atomic mass is 19.4. The van der Waals surface area contributed by atoms with E-state index in [0.717, 1.165) is 34.9 Å². The molecule has 1 fully saturated rings. The smallest absolute Gasteiger partial charge is 0.416 e. The predicted molar refractivity (Wildman–Crippen MR) is 145 cm³/mol. The summed E-state index contributed by atoms with van der Waals surface area (Å²) in [6, 6.07) is 6.39. The number of carboxylic acids is 1. The van der Waals surface area contributed by atoms with Crippen LogP contribution in [0.1, 0.15) is 73.8 Å². The lowest BCUT2D eigenvalue weighted by Crippen LogP contribution is -2.51. The number of alkyl halides is 3. The fourth-order valence-corrected chi connectivity index (χ4v) is 5.07. The van der Waals surface area contributed by atoms with Crippen molar-refractivity contribution in [2.24, 2.45) is 0 Å². The van der Waals surface area contributed by atoms with E-state index >= 15 is 0 Å². The van der Waals surface area contributed by atoms with Gasteiger partial charge in [0.15, 0.2) is 0 Å². The third kappa shape index (κ3) is 6.94. The minimum Gasteiger partial charge on any atom is -0.489 e. The van der Waals surface area contributed by atoms with Crippen LogP contribution in [0.3, 0.4) is 0 Å². The van der Waals surface area contributed by atoms with Crippen LogP contribution in [0.2, 0.25) is 0 Å². The number of nitrogens with zero attached hydrogens (tertiary/aromatic N) is 2. The van der Waals surface area contributed by atoms with E-state index in [1.165, 1.54) is 11.9 Å². The van der Waals surface area contributed by atoms with Gasteiger partial charge in [-0.2, -0.15) is 13.2 Å². The van der Waals surface area contributed by atoms with E-state index in [1.54, 1.807) is 52.0 Å². The summed E-state index contributed by atoms with van der Waals surface area (Å²) in [4.78, 5) is 40.2. The number of aliphatic carboxylic acids is 1. The zero-order valence-electron chi connectivity index (χ0n) is 23.8. The molecule has 2 aromatic rings. The molecule has 2 amide bonds. The summed E-state index contributed by atoms with van der Waals surface area (Å²) in [6.45, 7) is 7.03. The van der Waals surface area contributed by atoms with Crippen LogP contribution in [-0.4, -0.2) is 53.2 Å². The summed E-state index contributed by atoms with van der Waals surface area (Å²) in [5, 5.41) is 9.45. The Labute approximate surface area is 237 Å². The molecule has 1 saturated carbocycles. The number of benzene rings is 2. The summed E-state index contributed by atoms with van der Waals surface area (Å²) < 4.78 is 52.2. The lowest BCUT2D eigenvalue weighted by atomic mass is 10.00. The lowest BCUT2D eigenvalue weighted by molar-refractivity contribution is -0.141. The van der Waals surface area contributed by atoms with Gasteiger partial charge in [-0.25, -0.2) is 4.79 Å². The normalized spacial score (nSPS) is 15.8. The average Bonchev–Trinajstić information content (AvgIpc) is 3.62. The standard InChI is InChI=1S/C30H35F3N2O6/c1-17-20-12-13-35(27(38)24(15-26(36)37)34(5)28(39)41-29(2,3)4)23(20)10-11-25(17)40-16-18-6-9-21(19-7-8-19)22(14-18)30(31,32)33/h6,9-11,14,19,24H,7-8,12-13,15-16H2,1-5H3,(H,36,37)/t24-/m1/s1. The van der Waals surface area contributed by atoms with E-state index in [-0.39, 0.29) is 19.1 Å². The first-order valence-electron chi connectivity index (χ1n) is 13.5. The maximum Gasteiger partial charge on any atom is 0.416 e. The number of hydrogen-bond donors (Lipinski definition) is 1. The number of carbonyl (C=O) groups is 3. The van der Waals surface area contributed by atoms with E-state index in [0.29, 0.717) is 29.0 Å². The Balaban J connectivity index is 1.52. The van der Waals surface area contributed by atoms with Gasteiger partial charge in [0, 0.05) is 19.3 Å². The number of carboxylic acid groups (broad SMARTS) is 1. The number of fused-ring (bicyclic) bond motifs is 1. The maximum atomic E-state index is 13.7. The van der Waals surface area contributed by atoms with Crippen LogP contribution >= 0.6 is 0 Å². The van der Waals surface area contributed by atoms with Crippen molar-refractivity contribution in [1.82, 2.24) is 4.90 Å². The molecule has 11 heteroatoms. The Morgan fingerprint density at radius 3 is 2.39 bits per heavy atom. The Morgan fingerprint density at radius 2 is 1.80 bits per heavy atom. The van der Waals surface area contributed by atoms with Crippen molar-refractivity contribution in [3.8, 4) is 5.75 Å². The first kappa shape index (κ1) is 30.2. The summed E-state index contributed by atoms with van der Waals surface area (Å²) in [7, 11) is 1.33. The van der Waals surface area contributed by atoms with Gasteiger partial charge in [0.1, 0.15) is 24.0 Å². The quantitative estimate of drug-likeness (QED) is 0.410. The molecule has 8 nitrogen and oxygen atoms in total. The van der Waals surface area contributed by atoms with Gasteiger partial charge in [-0.05, 0) is 93.3 Å². The lowest BCUT2D eigenvalue weighted by Gasteiger charge is -2.31. The number of ether oxygens (including phenoxy) is 2. The van der Waals surface area contributed by atoms with Crippen molar-refractivity contribution in [1.29, 1.82) is 0 Å². The number of anilines is 1. The molecule has 222 valence electrons. The molecule has 41 heavy (non-hydrogen) atoms. The van der Waals surface area contributed by atoms with Crippen molar-refractivity contribution < 1.29 is 42.1 Å². The maximum absolute atomic E-state index is 13.7. The monoisotopic (exact) mass is 576 g/mol. The summed E-state index contributed by atoms with van der Waals surface area (Å²) in [5.74, 6) is -1.35. The van der Waals surface area contributed by atoms with Crippen LogP contribution in [0.15, 0.2) is 30.3 Å². The van der Waals surface area contributed by atoms with Crippen LogP contribution < -0.4 is 9.64 Å². The van der Waals surface area contributed by atoms with E-state index < -0.39 is 47.8 Å². The number of rotatable bonds is 8. The van der Waals surface area contributed by atoms with Gasteiger partial charge in [0.05, 0.1) is 12.0 Å². The van der Waals surface area contributed by atoms with Gasteiger partial charge < -0.3 is 19.5 Å². The molecule has 0 radical (unpaired) electrons. The number of amides is 2. The second-order valence-corrected chi connectivity index (χ2v) is 11.6. The molecule has 0 unspecified atom stereocenters. The van der Waals surface area contributed by atoms with Gasteiger partial charge in [0.25, 0.3) is 5.91 Å². The van der Waals surface area contributed by atoms with E-state index in [4.69, 9.17) is 9.47 Å². The number of halogens is 3. The highest BCUT2D eigenvalue weighted by Gasteiger charge is 2.39. The third-order valence-electron chi connectivity index (χ3n) is 7.30. The first-order chi connectivity index (χ1) is 19.1. The highest BCUT2D eigenvalue weighted by molar-refractivity contribution is 6.02. The third-order valence-corrected chi connectivity index (χ3v) is 7.30. The van der Waals surface area contributed by atoms with E-state index in [9.17, 15) is 32.7 Å². The first-order valence-corrected chi connectivity index (χ1v) is 13.5. The number of hydrogen-bond acceptors (Lipinski definition) is 5. The van der Waals surface area contributed by atoms with Crippen molar-refractivity contribution in [2.45, 2.75) is 83.7 Å². The molecule has 1 N–H and O–H groups in total. The number of carbonyl (C=O) groups excluding carboxylic acids is 2. The van der Waals surface area contributed by atoms with Crippen molar-refractivity contribution in [2.75, 3.05) is 18.5 Å². The topological polar surface area (TPSA) is 96.4 Å². The van der Waals surface area contributed by atoms with Crippen LogP contribution in [0.25, 0.3) is 0 Å². The highest BCUT2D eigenvalue weighted by Crippen LogP contribution is 2.46. The van der Waals surface area contributed by atoms with Crippen LogP contribution in [0.5, 0.6) is 5.75 Å². The van der Waals surface area contributed by atoms with Gasteiger partial charge >= 0.3 is 18.2 Å². The SMILES string of the molecule is Cc1c(OCc2ccc(C3CC3)c(C(F)(F)F)c2)ccc2c1CCN2C(=O)[C@@H](CC(=O)O)N(C)C(=O)OC(C)(C)C. The van der Waals surface area contributed by atoms with Gasteiger partial charge in [0.2, 0.25) is 0 Å². The fourth-order valence-electron chi connectivity index (χ4n) is 5.07. The zero-order chi connectivity index (χ0) is 30.3. The molecule has 2 aliphatic rings. The van der Waals surface area contributed by atoms with E-state index in [2.05, 4.69) is 0 Å². The van der Waals surface area contributed by atoms with Crippen LogP contribution in [0, 0.1) is 6.92 Å². The molecule has 0 saturated heterocycles. The Hall–Kier alpha value is -3.76. The summed E-state index contributed by atoms with van der Waals surface area (Å²) in [5.41, 5.74) is 1.40. The summed E-state index contributed by atoms with van der Waals surface area (Å²) in [6.07, 6.45) is -3.85. The molecule has 1 atom stereocenters. The Morgan fingerprint density at radius 1 is 1.12 bits per heavy atom. The average molecular weight is 577 g/mol. The molecule has 1 heterocycles. The minimum absolute atomic E-state index is 0.0368. The fraction of sp³-hybridized carbons (Fsp3) is 0.500. The molecule has 2 aromatic carbocycles. The van der Waals surface area contributed by atoms with Gasteiger partial charge in [-0.1, -0.05) is 12.1 Å². The molecular formula is C30H35F3N2O6. The van der Waals surface area contributed by atoms with Crippen molar-refractivity contribution in [3.63, 3.8) is 0 Å². The molecule has 1 aliphatic carbocycles. The molecular weight excluding hydrogens is 541 g/mol. The number of likely N-dealkylation sites (N-methyl/N-ethyl adjacent to an activating group) is 1. The molecule has 0 bridgehead atoms. The van der Waals surface area contributed by atoms with Gasteiger partial charge in [-0.15, -0.1) is 0 Å². The molecule has 1 aliphatic heterocycles. The largest absolute Gasteiger partial charge is 0.489 e. The molecule has 0 aromatic heterocycles. The van der Waals surface area contributed by atoms with Crippen molar-refractivity contribution >= 4 is 23.7 Å². The second kappa shape index (κ2) is 11.3. The Bertz CT molecular complexity index is 1350. The Kier molecular flexibility index (Phi) is 8.29. The zero-order valence-corrected chi connectivity index (χ0v) is 23.8. The van der Waals surface area contributed by atoms with Crippen LogP contribution in [-0.2, 0) is 33.5 Å². The predicted octanol–water partition coefficient (Wildman–Crippen LogP) is 6.07. The van der Waals surface area contributed by atoms with Crippen molar-refractivity contribution in [3.05, 3.63) is 58.1 Å². The van der Waals surface area contributed by atoms with E-state index in [1.807, 2.05) is 0 Å². The second-order valence-electron chi connectivity index (χ2n) is 11.6. The summed E-state index contributed by atoms with van der Waals surface area (Å²) >= 11 is 0.